The highest BCUT2D eigenvalue weighted by atomic mass is 14.2. The molecule has 0 spiro atoms. The zero-order chi connectivity index (χ0) is 9.68. The van der Waals surface area contributed by atoms with E-state index in [1.807, 2.05) is 6.07 Å². The number of benzene rings is 1. The predicted octanol–water partition coefficient (Wildman–Crippen LogP) is 3.80. The van der Waals surface area contributed by atoms with E-state index in [0.29, 0.717) is 11.8 Å². The highest BCUT2D eigenvalue weighted by molar-refractivity contribution is 5.23. The highest BCUT2D eigenvalue weighted by Crippen LogP contribution is 2.21. The van der Waals surface area contributed by atoms with Crippen molar-refractivity contribution in [3.63, 3.8) is 0 Å². The molecule has 0 aliphatic carbocycles. The van der Waals surface area contributed by atoms with Crippen molar-refractivity contribution in [3.05, 3.63) is 42.3 Å². The summed E-state index contributed by atoms with van der Waals surface area (Å²) in [7, 11) is 0. The molecular formula is C13H18. The van der Waals surface area contributed by atoms with Gasteiger partial charge in [-0.2, -0.15) is 0 Å². The standard InChI is InChI=1S/C13H18/c1-4-13(11(2)3)10-12-8-6-5-7-9-12/h5-9,11,13H,4H2,1-3H3. The van der Waals surface area contributed by atoms with Gasteiger partial charge in [0.15, 0.2) is 0 Å². The molecule has 0 aliphatic heterocycles. The summed E-state index contributed by atoms with van der Waals surface area (Å²) in [6, 6.07) is 10.4. The summed E-state index contributed by atoms with van der Waals surface area (Å²) in [6.07, 6.45) is 4.70. The van der Waals surface area contributed by atoms with E-state index in [4.69, 9.17) is 0 Å². The molecule has 1 unspecified atom stereocenters. The van der Waals surface area contributed by atoms with Crippen LogP contribution in [0.1, 0.15) is 32.8 Å². The van der Waals surface area contributed by atoms with Gasteiger partial charge < -0.3 is 0 Å². The van der Waals surface area contributed by atoms with Gasteiger partial charge >= 0.3 is 0 Å². The Morgan fingerprint density at radius 3 is 2.23 bits per heavy atom. The van der Waals surface area contributed by atoms with Crippen molar-refractivity contribution in [2.24, 2.45) is 11.8 Å². The molecule has 13 heavy (non-hydrogen) atoms. The van der Waals surface area contributed by atoms with E-state index < -0.39 is 0 Å². The summed E-state index contributed by atoms with van der Waals surface area (Å²) >= 11 is 0. The molecule has 0 aromatic heterocycles. The van der Waals surface area contributed by atoms with E-state index >= 15 is 0 Å². The first-order valence-electron chi connectivity index (χ1n) is 5.05. The Bertz CT molecular complexity index is 223. The molecule has 0 saturated carbocycles. The molecule has 1 atom stereocenters. The van der Waals surface area contributed by atoms with E-state index in [2.05, 4.69) is 51.5 Å². The summed E-state index contributed by atoms with van der Waals surface area (Å²) in [5.74, 6) is 1.27. The van der Waals surface area contributed by atoms with Gasteiger partial charge in [-0.25, -0.2) is 0 Å². The zero-order valence-electron chi connectivity index (χ0n) is 8.75. The lowest BCUT2D eigenvalue weighted by atomic mass is 9.87. The van der Waals surface area contributed by atoms with Crippen LogP contribution in [0, 0.1) is 18.3 Å². The third-order valence-electron chi connectivity index (χ3n) is 2.37. The smallest absolute Gasteiger partial charge is 0.0201 e. The number of rotatable bonds is 4. The molecule has 1 aromatic rings. The van der Waals surface area contributed by atoms with Gasteiger partial charge in [0, 0.05) is 6.42 Å². The summed E-state index contributed by atoms with van der Waals surface area (Å²) in [5.41, 5.74) is 1.23. The molecule has 0 nitrogen and oxygen atoms in total. The van der Waals surface area contributed by atoms with Crippen molar-refractivity contribution in [2.75, 3.05) is 0 Å². The van der Waals surface area contributed by atoms with Gasteiger partial charge in [-0.1, -0.05) is 57.5 Å². The van der Waals surface area contributed by atoms with Crippen LogP contribution in [-0.2, 0) is 0 Å². The second-order valence-corrected chi connectivity index (χ2v) is 3.77. The zero-order valence-corrected chi connectivity index (χ0v) is 8.75. The molecular weight excluding hydrogens is 156 g/mol. The molecule has 0 aliphatic rings. The molecule has 0 heteroatoms. The highest BCUT2D eigenvalue weighted by Gasteiger charge is 2.11. The third kappa shape index (κ3) is 3.22. The van der Waals surface area contributed by atoms with E-state index in [9.17, 15) is 0 Å². The second-order valence-electron chi connectivity index (χ2n) is 3.77. The Morgan fingerprint density at radius 2 is 1.77 bits per heavy atom. The van der Waals surface area contributed by atoms with Crippen LogP contribution in [0.25, 0.3) is 0 Å². The quantitative estimate of drug-likeness (QED) is 0.651. The van der Waals surface area contributed by atoms with Gasteiger partial charge in [-0.15, -0.1) is 0 Å². The van der Waals surface area contributed by atoms with Gasteiger partial charge in [-0.05, 0) is 17.4 Å². The summed E-state index contributed by atoms with van der Waals surface area (Å²) in [5, 5.41) is 0. The van der Waals surface area contributed by atoms with Gasteiger partial charge in [0.1, 0.15) is 0 Å². The molecule has 1 rings (SSSR count). The number of hydrogen-bond donors (Lipinski definition) is 0. The van der Waals surface area contributed by atoms with Crippen LogP contribution in [0.4, 0.5) is 0 Å². The lowest BCUT2D eigenvalue weighted by Crippen LogP contribution is -2.08. The van der Waals surface area contributed by atoms with E-state index in [1.165, 1.54) is 12.0 Å². The topological polar surface area (TPSA) is 0 Å². The average molecular weight is 174 g/mol. The molecule has 0 heterocycles. The Morgan fingerprint density at radius 1 is 1.15 bits per heavy atom. The Labute approximate surface area is 82.0 Å². The van der Waals surface area contributed by atoms with Crippen LogP contribution in [0.2, 0.25) is 0 Å². The van der Waals surface area contributed by atoms with Crippen LogP contribution in [0.3, 0.4) is 0 Å². The lowest BCUT2D eigenvalue weighted by Gasteiger charge is -2.17. The van der Waals surface area contributed by atoms with Gasteiger partial charge in [0.05, 0.1) is 0 Å². The Hall–Kier alpha value is -0.780. The van der Waals surface area contributed by atoms with Crippen LogP contribution in [0.5, 0.6) is 0 Å². The van der Waals surface area contributed by atoms with Gasteiger partial charge in [-0.3, -0.25) is 0 Å². The molecule has 1 aromatic carbocycles. The molecule has 0 bridgehead atoms. The maximum atomic E-state index is 3.53. The van der Waals surface area contributed by atoms with Crippen molar-refractivity contribution < 1.29 is 0 Å². The van der Waals surface area contributed by atoms with Crippen molar-refractivity contribution >= 4 is 0 Å². The maximum absolute atomic E-state index is 3.53. The van der Waals surface area contributed by atoms with Crippen LogP contribution >= 0.6 is 0 Å². The minimum absolute atomic E-state index is 0.586. The SMILES string of the molecule is CCC([C]c1ccccc1)C(C)C. The number of hydrogen-bond acceptors (Lipinski definition) is 0. The van der Waals surface area contributed by atoms with Crippen molar-refractivity contribution in [2.45, 2.75) is 27.2 Å². The summed E-state index contributed by atoms with van der Waals surface area (Å²) in [4.78, 5) is 0. The lowest BCUT2D eigenvalue weighted by molar-refractivity contribution is 0.431. The first kappa shape index (κ1) is 10.3. The van der Waals surface area contributed by atoms with Crippen molar-refractivity contribution in [1.82, 2.24) is 0 Å². The molecule has 0 N–H and O–H groups in total. The van der Waals surface area contributed by atoms with E-state index in [0.717, 1.165) is 0 Å². The van der Waals surface area contributed by atoms with E-state index in [-0.39, 0.29) is 0 Å². The van der Waals surface area contributed by atoms with Crippen LogP contribution in [-0.4, -0.2) is 0 Å². The van der Waals surface area contributed by atoms with Gasteiger partial charge in [0.25, 0.3) is 0 Å². The normalized spacial score (nSPS) is 13.2. The van der Waals surface area contributed by atoms with Crippen LogP contribution < -0.4 is 0 Å². The molecule has 2 radical (unpaired) electrons. The summed E-state index contributed by atoms with van der Waals surface area (Å²) in [6.45, 7) is 6.73. The molecule has 0 fully saturated rings. The predicted molar refractivity (Wildman–Crippen MR) is 57.4 cm³/mol. The third-order valence-corrected chi connectivity index (χ3v) is 2.37. The molecule has 70 valence electrons. The monoisotopic (exact) mass is 174 g/mol. The van der Waals surface area contributed by atoms with E-state index in [1.54, 1.807) is 0 Å². The maximum Gasteiger partial charge on any atom is 0.0201 e. The Kier molecular flexibility index (Phi) is 4.01. The minimum atomic E-state index is 0.586. The van der Waals surface area contributed by atoms with Gasteiger partial charge in [0.2, 0.25) is 0 Å². The molecule has 0 saturated heterocycles. The van der Waals surface area contributed by atoms with Crippen molar-refractivity contribution in [1.29, 1.82) is 0 Å². The van der Waals surface area contributed by atoms with Crippen molar-refractivity contribution in [3.8, 4) is 0 Å². The fourth-order valence-corrected chi connectivity index (χ4v) is 1.49. The van der Waals surface area contributed by atoms with Crippen LogP contribution in [0.15, 0.2) is 30.3 Å². The largest absolute Gasteiger partial charge is 0.0651 e. The molecule has 0 amide bonds. The first-order valence-corrected chi connectivity index (χ1v) is 5.05. The first-order chi connectivity index (χ1) is 6.24. The Balaban J connectivity index is 2.57. The summed E-state index contributed by atoms with van der Waals surface area (Å²) < 4.78 is 0. The fraction of sp³-hybridized carbons (Fsp3) is 0.462. The average Bonchev–Trinajstić information content (AvgIpc) is 2.15. The second kappa shape index (κ2) is 5.06. The fourth-order valence-electron chi connectivity index (χ4n) is 1.49. The minimum Gasteiger partial charge on any atom is -0.0651 e.